The summed E-state index contributed by atoms with van der Waals surface area (Å²) in [5.41, 5.74) is 6.34. The van der Waals surface area contributed by atoms with Gasteiger partial charge in [0.25, 0.3) is 0 Å². The molecule has 2 heterocycles. The van der Waals surface area contributed by atoms with Crippen LogP contribution >= 0.6 is 0 Å². The minimum Gasteiger partial charge on any atom is -0.481 e. The number of aromatic nitrogens is 1. The Kier molecular flexibility index (Phi) is 15.4. The summed E-state index contributed by atoms with van der Waals surface area (Å²) in [4.78, 5) is 32.9. The fourth-order valence-electron chi connectivity index (χ4n) is 6.20. The van der Waals surface area contributed by atoms with E-state index in [4.69, 9.17) is 4.74 Å². The fraction of sp³-hybridized carbons (Fsp3) is 0.535. The minimum absolute atomic E-state index is 0.117. The molecule has 1 aromatic heterocycles. The number of benzene rings is 2. The molecule has 2 N–H and O–H groups in total. The standard InChI is InChI=1S/C20H25NO3.C18H21F3N2O.C5H12/c1-11(2)18(22)19(23)15-7-12(3)17(13(4)8-15)16-9-14(5)20(24-6)21-10-16;1-10(2)8-15-17(24)23-16(22-15)13-7-6-12(18(19,20)21)9-14(13)11-4-3-5-11;1-4-5(2)3/h7-11,19,23H,1-6H3;6-7,9-11,15H,3-5,8H2,1-2H3,(H,22,23,24);5H,4H2,1-3H3. The second kappa shape index (κ2) is 18.8. The molecule has 3 aromatic rings. The number of methoxy groups -OCH3 is 1. The van der Waals surface area contributed by atoms with Crippen LogP contribution < -0.4 is 10.1 Å². The second-order valence-corrected chi connectivity index (χ2v) is 15.4. The first-order chi connectivity index (χ1) is 24.8. The largest absolute Gasteiger partial charge is 0.481 e. The van der Waals surface area contributed by atoms with E-state index in [1.165, 1.54) is 18.6 Å². The molecule has 1 aliphatic carbocycles. The Morgan fingerprint density at radius 1 is 0.962 bits per heavy atom. The minimum atomic E-state index is -4.36. The van der Waals surface area contributed by atoms with E-state index in [2.05, 4.69) is 36.1 Å². The Balaban J connectivity index is 0.000000253. The van der Waals surface area contributed by atoms with Crippen LogP contribution in [0.2, 0.25) is 0 Å². The highest BCUT2D eigenvalue weighted by molar-refractivity contribution is 6.14. The Morgan fingerprint density at radius 3 is 2.02 bits per heavy atom. The number of aliphatic hydroxyl groups excluding tert-OH is 1. The summed E-state index contributed by atoms with van der Waals surface area (Å²) in [5.74, 6) is 1.82. The number of hydrogen-bond acceptors (Lipinski definition) is 6. The molecule has 290 valence electrons. The molecule has 10 heteroatoms. The van der Waals surface area contributed by atoms with Gasteiger partial charge in [-0.25, -0.2) is 4.98 Å². The number of nitrogens with one attached hydrogen (secondary N) is 1. The highest BCUT2D eigenvalue weighted by Crippen LogP contribution is 2.41. The summed E-state index contributed by atoms with van der Waals surface area (Å²) in [6.45, 7) is 20.2. The third kappa shape index (κ3) is 11.5. The highest BCUT2D eigenvalue weighted by atomic mass is 19.4. The van der Waals surface area contributed by atoms with Crippen LogP contribution in [0.5, 0.6) is 5.88 Å². The maximum absolute atomic E-state index is 13.0. The lowest BCUT2D eigenvalue weighted by atomic mass is 9.77. The highest BCUT2D eigenvalue weighted by Gasteiger charge is 2.35. The van der Waals surface area contributed by atoms with E-state index in [9.17, 15) is 27.9 Å². The first-order valence-corrected chi connectivity index (χ1v) is 18.7. The Labute approximate surface area is 313 Å². The van der Waals surface area contributed by atoms with Crippen molar-refractivity contribution in [1.82, 2.24) is 10.3 Å². The van der Waals surface area contributed by atoms with Gasteiger partial charge in [-0.05, 0) is 104 Å². The topological polar surface area (TPSA) is 101 Å². The zero-order valence-electron chi connectivity index (χ0n) is 33.2. The van der Waals surface area contributed by atoms with Crippen molar-refractivity contribution >= 4 is 17.5 Å². The Hall–Kier alpha value is -4.05. The average Bonchev–Trinajstić information content (AvgIpc) is 3.41. The van der Waals surface area contributed by atoms with E-state index in [1.807, 2.05) is 52.8 Å². The second-order valence-electron chi connectivity index (χ2n) is 15.4. The summed E-state index contributed by atoms with van der Waals surface area (Å²) in [5, 5.41) is 13.1. The lowest BCUT2D eigenvalue weighted by Crippen LogP contribution is -2.30. The number of carbonyl (C=O) groups excluding carboxylic acids is 2. The van der Waals surface area contributed by atoms with Crippen LogP contribution in [0.4, 0.5) is 13.2 Å². The molecule has 7 nitrogen and oxygen atoms in total. The first kappa shape index (κ1) is 43.4. The van der Waals surface area contributed by atoms with Gasteiger partial charge in [-0.2, -0.15) is 13.2 Å². The van der Waals surface area contributed by atoms with Crippen molar-refractivity contribution in [2.45, 2.75) is 126 Å². The number of aliphatic imine (C=N–C) groups is 1. The average molecular weight is 738 g/mol. The molecule has 0 spiro atoms. The predicted octanol–water partition coefficient (Wildman–Crippen LogP) is 10.3. The van der Waals surface area contributed by atoms with Crippen molar-refractivity contribution in [2.75, 3.05) is 7.11 Å². The van der Waals surface area contributed by atoms with E-state index in [1.54, 1.807) is 27.2 Å². The zero-order chi connectivity index (χ0) is 39.8. The molecule has 2 aromatic carbocycles. The number of nitrogens with zero attached hydrogens (tertiary/aromatic N) is 2. The number of rotatable bonds is 10. The van der Waals surface area contributed by atoms with Crippen LogP contribution in [0, 0.1) is 38.5 Å². The molecule has 0 bridgehead atoms. The van der Waals surface area contributed by atoms with Crippen molar-refractivity contribution < 1.29 is 32.6 Å². The summed E-state index contributed by atoms with van der Waals surface area (Å²) < 4.78 is 44.3. The van der Waals surface area contributed by atoms with Crippen LogP contribution in [0.25, 0.3) is 11.1 Å². The Morgan fingerprint density at radius 2 is 1.57 bits per heavy atom. The lowest BCUT2D eigenvalue weighted by molar-refractivity contribution is -0.137. The summed E-state index contributed by atoms with van der Waals surface area (Å²) in [6.07, 6.45) is 1.07. The van der Waals surface area contributed by atoms with Gasteiger partial charge in [-0.3, -0.25) is 14.6 Å². The van der Waals surface area contributed by atoms with Gasteiger partial charge in [0, 0.05) is 28.8 Å². The van der Waals surface area contributed by atoms with Crippen molar-refractivity contribution in [3.63, 3.8) is 0 Å². The van der Waals surface area contributed by atoms with Crippen molar-refractivity contribution in [2.24, 2.45) is 22.7 Å². The number of halogens is 3. The van der Waals surface area contributed by atoms with E-state index < -0.39 is 23.9 Å². The number of amides is 1. The quantitative estimate of drug-likeness (QED) is 0.216. The number of ketones is 1. The number of carbonyl (C=O) groups is 2. The first-order valence-electron chi connectivity index (χ1n) is 18.7. The van der Waals surface area contributed by atoms with Crippen LogP contribution in [-0.2, 0) is 15.8 Å². The van der Waals surface area contributed by atoms with Crippen LogP contribution in [0.15, 0.2) is 47.6 Å². The molecule has 1 fully saturated rings. The Bertz CT molecular complexity index is 1740. The predicted molar refractivity (Wildman–Crippen MR) is 206 cm³/mol. The van der Waals surface area contributed by atoms with Gasteiger partial charge in [-0.1, -0.05) is 79.5 Å². The van der Waals surface area contributed by atoms with Gasteiger partial charge < -0.3 is 15.2 Å². The van der Waals surface area contributed by atoms with Gasteiger partial charge in [0.15, 0.2) is 5.78 Å². The molecule has 5 rings (SSSR count). The number of aliphatic hydroxyl groups is 1. The molecule has 2 aliphatic rings. The number of aryl methyl sites for hydroxylation is 3. The van der Waals surface area contributed by atoms with Crippen LogP contribution in [0.3, 0.4) is 0 Å². The van der Waals surface area contributed by atoms with Crippen molar-refractivity contribution in [1.29, 1.82) is 0 Å². The van der Waals surface area contributed by atoms with E-state index in [0.29, 0.717) is 40.7 Å². The third-order valence-corrected chi connectivity index (χ3v) is 9.74. The molecule has 2 atom stereocenters. The molecule has 53 heavy (non-hydrogen) atoms. The van der Waals surface area contributed by atoms with Gasteiger partial charge in [0.1, 0.15) is 18.0 Å². The van der Waals surface area contributed by atoms with Crippen molar-refractivity contribution in [3.05, 3.63) is 81.5 Å². The zero-order valence-corrected chi connectivity index (χ0v) is 33.2. The summed E-state index contributed by atoms with van der Waals surface area (Å²) in [6, 6.07) is 9.10. The van der Waals surface area contributed by atoms with Crippen LogP contribution in [-0.4, -0.2) is 40.8 Å². The number of alkyl halides is 3. The molecule has 1 saturated carbocycles. The molecular weight excluding hydrogens is 679 g/mol. The third-order valence-electron chi connectivity index (χ3n) is 9.74. The lowest BCUT2D eigenvalue weighted by Gasteiger charge is -2.28. The normalized spacial score (nSPS) is 16.3. The number of amidine groups is 1. The fourth-order valence-corrected chi connectivity index (χ4v) is 6.20. The van der Waals surface area contributed by atoms with E-state index >= 15 is 0 Å². The molecule has 0 saturated heterocycles. The van der Waals surface area contributed by atoms with Crippen LogP contribution in [0.1, 0.15) is 132 Å². The SMILES string of the molecule is CC(C)CC1N=C(c2ccc(C(F)(F)F)cc2C2CCC2)NC1=O.CCC(C)C.COc1ncc(-c2c(C)cc(C(O)C(=O)C(C)C)cc2C)cc1C. The van der Waals surface area contributed by atoms with Gasteiger partial charge in [-0.15, -0.1) is 0 Å². The van der Waals surface area contributed by atoms with Gasteiger partial charge in [0.05, 0.1) is 12.7 Å². The number of pyridine rings is 1. The number of hydrogen-bond donors (Lipinski definition) is 2. The summed E-state index contributed by atoms with van der Waals surface area (Å²) >= 11 is 0. The monoisotopic (exact) mass is 737 g/mol. The number of ether oxygens (including phenoxy) is 1. The van der Waals surface area contributed by atoms with Crippen molar-refractivity contribution in [3.8, 4) is 17.0 Å². The molecule has 1 aliphatic heterocycles. The van der Waals surface area contributed by atoms with Gasteiger partial charge >= 0.3 is 6.18 Å². The van der Waals surface area contributed by atoms with E-state index in [-0.39, 0.29) is 23.5 Å². The number of Topliss-reactive ketones (excluding diaryl/α,β-unsaturated/α-hetero) is 1. The molecule has 0 radical (unpaired) electrons. The van der Waals surface area contributed by atoms with E-state index in [0.717, 1.165) is 59.1 Å². The smallest absolute Gasteiger partial charge is 0.416 e. The van der Waals surface area contributed by atoms with Gasteiger partial charge in [0.2, 0.25) is 11.8 Å². The maximum atomic E-state index is 13.0. The molecule has 2 unspecified atom stereocenters. The molecule has 1 amide bonds. The maximum Gasteiger partial charge on any atom is 0.416 e. The molecular formula is C43H58F3N3O4. The summed E-state index contributed by atoms with van der Waals surface area (Å²) in [7, 11) is 1.60.